The molecule has 0 amide bonds. The smallest absolute Gasteiger partial charge is 0.131 e. The molecule has 2 aromatic carbocycles. The van der Waals surface area contributed by atoms with E-state index < -0.39 is 0 Å². The van der Waals surface area contributed by atoms with Crippen molar-refractivity contribution in [2.24, 2.45) is 0 Å². The highest BCUT2D eigenvalue weighted by Gasteiger charge is 2.37. The van der Waals surface area contributed by atoms with Gasteiger partial charge in [0, 0.05) is 16.8 Å². The van der Waals surface area contributed by atoms with E-state index >= 15 is 0 Å². The van der Waals surface area contributed by atoms with Gasteiger partial charge in [0.05, 0.1) is 12.7 Å². The van der Waals surface area contributed by atoms with Gasteiger partial charge in [-0.15, -0.1) is 0 Å². The van der Waals surface area contributed by atoms with Crippen molar-refractivity contribution in [3.05, 3.63) is 41.5 Å². The SMILES string of the molecule is CCCCC1Oc2cccc(OC)c2-c2ccc3c(c21)C(C)CC(C)(C)N3. The molecule has 2 aliphatic heterocycles. The molecule has 144 valence electrons. The largest absolute Gasteiger partial charge is 0.496 e. The van der Waals surface area contributed by atoms with Gasteiger partial charge in [-0.3, -0.25) is 0 Å². The lowest BCUT2D eigenvalue weighted by Gasteiger charge is -2.41. The summed E-state index contributed by atoms with van der Waals surface area (Å²) in [5.41, 5.74) is 6.56. The van der Waals surface area contributed by atoms with E-state index in [1.165, 1.54) is 35.2 Å². The van der Waals surface area contributed by atoms with Gasteiger partial charge in [-0.05, 0) is 68.4 Å². The fourth-order valence-electron chi connectivity index (χ4n) is 4.97. The first-order valence-electron chi connectivity index (χ1n) is 10.2. The summed E-state index contributed by atoms with van der Waals surface area (Å²) in [5.74, 6) is 2.33. The normalized spacial score (nSPS) is 22.0. The summed E-state index contributed by atoms with van der Waals surface area (Å²) in [6, 6.07) is 10.6. The van der Waals surface area contributed by atoms with Crippen LogP contribution in [-0.4, -0.2) is 12.6 Å². The molecule has 2 heterocycles. The first-order chi connectivity index (χ1) is 12.9. The van der Waals surface area contributed by atoms with Crippen molar-refractivity contribution in [3.63, 3.8) is 0 Å². The zero-order chi connectivity index (χ0) is 19.2. The van der Waals surface area contributed by atoms with E-state index in [-0.39, 0.29) is 11.6 Å². The van der Waals surface area contributed by atoms with Crippen LogP contribution in [0.25, 0.3) is 11.1 Å². The number of fused-ring (bicyclic) bond motifs is 5. The van der Waals surface area contributed by atoms with Gasteiger partial charge in [0.2, 0.25) is 0 Å². The third-order valence-corrected chi connectivity index (χ3v) is 5.96. The van der Waals surface area contributed by atoms with Crippen molar-refractivity contribution in [3.8, 4) is 22.6 Å². The van der Waals surface area contributed by atoms with Gasteiger partial charge in [0.15, 0.2) is 0 Å². The van der Waals surface area contributed by atoms with Gasteiger partial charge in [-0.2, -0.15) is 0 Å². The summed E-state index contributed by atoms with van der Waals surface area (Å²) in [6.07, 6.45) is 4.62. The molecule has 1 N–H and O–H groups in total. The second-order valence-electron chi connectivity index (χ2n) is 8.68. The highest BCUT2D eigenvalue weighted by Crippen LogP contribution is 2.53. The van der Waals surface area contributed by atoms with Crippen LogP contribution >= 0.6 is 0 Å². The zero-order valence-corrected chi connectivity index (χ0v) is 17.2. The number of methoxy groups -OCH3 is 1. The molecule has 3 heteroatoms. The molecule has 0 fully saturated rings. The van der Waals surface area contributed by atoms with E-state index in [1.54, 1.807) is 7.11 Å². The Labute approximate surface area is 163 Å². The van der Waals surface area contributed by atoms with Crippen molar-refractivity contribution < 1.29 is 9.47 Å². The van der Waals surface area contributed by atoms with Gasteiger partial charge in [-0.25, -0.2) is 0 Å². The summed E-state index contributed by atoms with van der Waals surface area (Å²) in [6.45, 7) is 9.18. The van der Waals surface area contributed by atoms with Crippen molar-refractivity contribution in [2.75, 3.05) is 12.4 Å². The molecule has 2 aliphatic rings. The molecule has 0 aliphatic carbocycles. The predicted octanol–water partition coefficient (Wildman–Crippen LogP) is 6.68. The Kier molecular flexibility index (Phi) is 4.57. The maximum atomic E-state index is 6.56. The lowest BCUT2D eigenvalue weighted by molar-refractivity contribution is 0.185. The van der Waals surface area contributed by atoms with Crippen LogP contribution in [0.3, 0.4) is 0 Å². The van der Waals surface area contributed by atoms with Crippen LogP contribution in [-0.2, 0) is 0 Å². The van der Waals surface area contributed by atoms with Crippen LogP contribution in [0.1, 0.15) is 76.5 Å². The van der Waals surface area contributed by atoms with Crippen LogP contribution in [0.4, 0.5) is 5.69 Å². The first kappa shape index (κ1) is 18.2. The van der Waals surface area contributed by atoms with Crippen LogP contribution in [0.15, 0.2) is 30.3 Å². The average Bonchev–Trinajstić information content (AvgIpc) is 2.63. The fraction of sp³-hybridized carbons (Fsp3) is 0.500. The van der Waals surface area contributed by atoms with Crippen molar-refractivity contribution in [1.29, 1.82) is 0 Å². The van der Waals surface area contributed by atoms with Gasteiger partial charge in [-0.1, -0.05) is 32.4 Å². The third-order valence-electron chi connectivity index (χ3n) is 5.96. The molecule has 0 radical (unpaired) electrons. The van der Waals surface area contributed by atoms with Crippen molar-refractivity contribution in [2.45, 2.75) is 70.9 Å². The molecule has 2 unspecified atom stereocenters. The molecule has 0 aromatic heterocycles. The molecule has 27 heavy (non-hydrogen) atoms. The molecule has 2 aromatic rings. The minimum absolute atomic E-state index is 0.111. The highest BCUT2D eigenvalue weighted by atomic mass is 16.5. The molecule has 0 saturated carbocycles. The van der Waals surface area contributed by atoms with E-state index in [1.807, 2.05) is 12.1 Å². The predicted molar refractivity (Wildman–Crippen MR) is 112 cm³/mol. The number of benzene rings is 2. The molecule has 0 bridgehead atoms. The van der Waals surface area contributed by atoms with E-state index in [4.69, 9.17) is 9.47 Å². The summed E-state index contributed by atoms with van der Waals surface area (Å²) >= 11 is 0. The molecular formula is C24H31NO2. The van der Waals surface area contributed by atoms with Crippen molar-refractivity contribution >= 4 is 5.69 Å². The number of hydrogen-bond donors (Lipinski definition) is 1. The number of unbranched alkanes of at least 4 members (excludes halogenated alkanes) is 1. The second kappa shape index (κ2) is 6.78. The molecule has 2 atom stereocenters. The van der Waals surface area contributed by atoms with Gasteiger partial charge in [0.1, 0.15) is 17.6 Å². The number of nitrogens with one attached hydrogen (secondary N) is 1. The van der Waals surface area contributed by atoms with Gasteiger partial charge < -0.3 is 14.8 Å². The lowest BCUT2D eigenvalue weighted by atomic mass is 9.75. The Morgan fingerprint density at radius 1 is 1.19 bits per heavy atom. The topological polar surface area (TPSA) is 30.5 Å². The maximum Gasteiger partial charge on any atom is 0.131 e. The molecule has 0 saturated heterocycles. The maximum absolute atomic E-state index is 6.56. The van der Waals surface area contributed by atoms with E-state index in [0.717, 1.165) is 29.9 Å². The number of ether oxygens (including phenoxy) is 2. The third kappa shape index (κ3) is 3.07. The quantitative estimate of drug-likeness (QED) is 0.655. The van der Waals surface area contributed by atoms with Crippen LogP contribution in [0, 0.1) is 0 Å². The summed E-state index contributed by atoms with van der Waals surface area (Å²) < 4.78 is 12.3. The van der Waals surface area contributed by atoms with E-state index in [2.05, 4.69) is 51.2 Å². The first-order valence-corrected chi connectivity index (χ1v) is 10.2. The summed E-state index contributed by atoms with van der Waals surface area (Å²) in [4.78, 5) is 0. The number of rotatable bonds is 4. The summed E-state index contributed by atoms with van der Waals surface area (Å²) in [7, 11) is 1.74. The van der Waals surface area contributed by atoms with E-state index in [9.17, 15) is 0 Å². The van der Waals surface area contributed by atoms with Crippen molar-refractivity contribution in [1.82, 2.24) is 0 Å². The Morgan fingerprint density at radius 2 is 2.00 bits per heavy atom. The minimum Gasteiger partial charge on any atom is -0.496 e. The Balaban J connectivity index is 1.94. The number of anilines is 1. The fourth-order valence-corrected chi connectivity index (χ4v) is 4.97. The minimum atomic E-state index is 0.111. The molecular weight excluding hydrogens is 334 g/mol. The Morgan fingerprint density at radius 3 is 2.74 bits per heavy atom. The van der Waals surface area contributed by atoms with Gasteiger partial charge >= 0.3 is 0 Å². The lowest BCUT2D eigenvalue weighted by Crippen LogP contribution is -2.37. The number of hydrogen-bond acceptors (Lipinski definition) is 3. The second-order valence-corrected chi connectivity index (χ2v) is 8.68. The Bertz CT molecular complexity index is 856. The highest BCUT2D eigenvalue weighted by molar-refractivity contribution is 5.84. The Hall–Kier alpha value is -2.16. The molecule has 3 nitrogen and oxygen atoms in total. The molecule has 0 spiro atoms. The zero-order valence-electron chi connectivity index (χ0n) is 17.2. The summed E-state index contributed by atoms with van der Waals surface area (Å²) in [5, 5.41) is 3.76. The van der Waals surface area contributed by atoms with Crippen LogP contribution in [0.2, 0.25) is 0 Å². The average molecular weight is 366 g/mol. The van der Waals surface area contributed by atoms with Gasteiger partial charge in [0.25, 0.3) is 0 Å². The van der Waals surface area contributed by atoms with Crippen LogP contribution < -0.4 is 14.8 Å². The standard InChI is InChI=1S/C24H31NO2/c1-6-7-9-20-23-16(22-18(26-5)10-8-11-19(22)27-20)12-13-17-21(23)15(2)14-24(3,4)25-17/h8,10-13,15,20,25H,6-7,9,14H2,1-5H3. The molecule has 4 rings (SSSR count). The van der Waals surface area contributed by atoms with E-state index in [0.29, 0.717) is 5.92 Å². The monoisotopic (exact) mass is 365 g/mol. The van der Waals surface area contributed by atoms with Crippen LogP contribution in [0.5, 0.6) is 11.5 Å².